The lowest BCUT2D eigenvalue weighted by atomic mass is 10.3. The van der Waals surface area contributed by atoms with E-state index in [9.17, 15) is 13.5 Å². The van der Waals surface area contributed by atoms with Crippen LogP contribution in [0, 0.1) is 0 Å². The van der Waals surface area contributed by atoms with Crippen LogP contribution in [0.4, 0.5) is 5.69 Å². The number of phenols is 1. The second kappa shape index (κ2) is 5.21. The molecule has 1 rings (SSSR count). The zero-order valence-electron chi connectivity index (χ0n) is 9.31. The lowest BCUT2D eigenvalue weighted by Crippen LogP contribution is -2.09. The fourth-order valence-electron chi connectivity index (χ4n) is 1.46. The van der Waals surface area contributed by atoms with Gasteiger partial charge >= 0.3 is 0 Å². The first-order valence-electron chi connectivity index (χ1n) is 5.29. The highest BCUT2D eigenvalue weighted by molar-refractivity contribution is 7.91. The van der Waals surface area contributed by atoms with Crippen molar-refractivity contribution in [3.05, 3.63) is 18.2 Å². The van der Waals surface area contributed by atoms with Crippen molar-refractivity contribution in [3.63, 3.8) is 0 Å². The standard InChI is InChI=1S/C11H17NO3S/c1-2-3-4-8-16(14,15)10-7-5-6-9(13)11(10)12/h5-7,13H,2-4,8,12H2,1H3. The van der Waals surface area contributed by atoms with Gasteiger partial charge in [0.15, 0.2) is 9.84 Å². The van der Waals surface area contributed by atoms with Crippen LogP contribution < -0.4 is 5.73 Å². The lowest BCUT2D eigenvalue weighted by Gasteiger charge is -2.08. The Morgan fingerprint density at radius 2 is 2.00 bits per heavy atom. The minimum atomic E-state index is -3.37. The second-order valence-corrected chi connectivity index (χ2v) is 5.79. The van der Waals surface area contributed by atoms with Gasteiger partial charge in [-0.15, -0.1) is 0 Å². The Kier molecular flexibility index (Phi) is 4.18. The Morgan fingerprint density at radius 3 is 2.62 bits per heavy atom. The molecule has 0 aromatic heterocycles. The molecule has 0 fully saturated rings. The number of hydrogen-bond acceptors (Lipinski definition) is 4. The van der Waals surface area contributed by atoms with E-state index in [1.807, 2.05) is 6.92 Å². The van der Waals surface area contributed by atoms with Gasteiger partial charge in [0.25, 0.3) is 0 Å². The van der Waals surface area contributed by atoms with E-state index in [-0.39, 0.29) is 22.1 Å². The third-order valence-electron chi connectivity index (χ3n) is 2.39. The molecule has 0 heterocycles. The summed E-state index contributed by atoms with van der Waals surface area (Å²) in [6, 6.07) is 4.29. The van der Waals surface area contributed by atoms with Crippen molar-refractivity contribution in [1.82, 2.24) is 0 Å². The lowest BCUT2D eigenvalue weighted by molar-refractivity contribution is 0.476. The highest BCUT2D eigenvalue weighted by Crippen LogP contribution is 2.28. The van der Waals surface area contributed by atoms with Crippen LogP contribution in [0.25, 0.3) is 0 Å². The van der Waals surface area contributed by atoms with Crippen LogP contribution in [0.15, 0.2) is 23.1 Å². The molecule has 0 atom stereocenters. The number of phenolic OH excluding ortho intramolecular Hbond substituents is 1. The van der Waals surface area contributed by atoms with E-state index in [1.54, 1.807) is 0 Å². The molecule has 0 amide bonds. The largest absolute Gasteiger partial charge is 0.506 e. The normalized spacial score (nSPS) is 11.6. The average molecular weight is 243 g/mol. The van der Waals surface area contributed by atoms with Crippen molar-refractivity contribution in [3.8, 4) is 5.75 Å². The average Bonchev–Trinajstić information content (AvgIpc) is 2.22. The molecule has 4 nitrogen and oxygen atoms in total. The quantitative estimate of drug-likeness (QED) is 0.470. The first kappa shape index (κ1) is 12.8. The monoisotopic (exact) mass is 243 g/mol. The van der Waals surface area contributed by atoms with E-state index in [0.717, 1.165) is 12.8 Å². The number of nitrogens with two attached hydrogens (primary N) is 1. The van der Waals surface area contributed by atoms with Crippen molar-refractivity contribution in [2.45, 2.75) is 31.1 Å². The molecule has 0 unspecified atom stereocenters. The Labute approximate surface area is 96.0 Å². The molecular weight excluding hydrogens is 226 g/mol. The number of nitrogen functional groups attached to an aromatic ring is 1. The molecule has 0 radical (unpaired) electrons. The van der Waals surface area contributed by atoms with Crippen molar-refractivity contribution in [2.75, 3.05) is 11.5 Å². The number of rotatable bonds is 5. The Balaban J connectivity index is 2.94. The first-order valence-corrected chi connectivity index (χ1v) is 6.94. The van der Waals surface area contributed by atoms with Gasteiger partial charge in [0.2, 0.25) is 0 Å². The van der Waals surface area contributed by atoms with E-state index in [1.165, 1.54) is 18.2 Å². The van der Waals surface area contributed by atoms with Gasteiger partial charge < -0.3 is 10.8 Å². The number of hydrogen-bond donors (Lipinski definition) is 2. The minimum Gasteiger partial charge on any atom is -0.506 e. The second-order valence-electron chi connectivity index (χ2n) is 3.71. The summed E-state index contributed by atoms with van der Waals surface area (Å²) in [4.78, 5) is 0.0311. The molecule has 3 N–H and O–H groups in total. The number of benzene rings is 1. The highest BCUT2D eigenvalue weighted by atomic mass is 32.2. The maximum Gasteiger partial charge on any atom is 0.180 e. The molecule has 0 bridgehead atoms. The van der Waals surface area contributed by atoms with Gasteiger partial charge in [-0.1, -0.05) is 25.8 Å². The number of anilines is 1. The molecule has 0 aliphatic carbocycles. The molecule has 1 aromatic rings. The predicted molar refractivity (Wildman–Crippen MR) is 64.1 cm³/mol. The molecule has 90 valence electrons. The fraction of sp³-hybridized carbons (Fsp3) is 0.455. The van der Waals surface area contributed by atoms with Gasteiger partial charge in [-0.2, -0.15) is 0 Å². The van der Waals surface area contributed by atoms with Crippen molar-refractivity contribution >= 4 is 15.5 Å². The summed E-state index contributed by atoms with van der Waals surface area (Å²) >= 11 is 0. The SMILES string of the molecule is CCCCCS(=O)(=O)c1cccc(O)c1N. The van der Waals surface area contributed by atoms with Crippen LogP contribution in [-0.2, 0) is 9.84 Å². The summed E-state index contributed by atoms with van der Waals surface area (Å²) in [7, 11) is -3.37. The molecule has 16 heavy (non-hydrogen) atoms. The van der Waals surface area contributed by atoms with Gasteiger partial charge in [-0.25, -0.2) is 8.42 Å². The van der Waals surface area contributed by atoms with Crippen LogP contribution in [0.2, 0.25) is 0 Å². The zero-order valence-corrected chi connectivity index (χ0v) is 10.1. The number of sulfone groups is 1. The van der Waals surface area contributed by atoms with Gasteiger partial charge in [0.1, 0.15) is 5.75 Å². The molecule has 0 spiro atoms. The van der Waals surface area contributed by atoms with Crippen LogP contribution >= 0.6 is 0 Å². The van der Waals surface area contributed by atoms with Gasteiger partial charge in [-0.3, -0.25) is 0 Å². The van der Waals surface area contributed by atoms with E-state index >= 15 is 0 Å². The van der Waals surface area contributed by atoms with Crippen LogP contribution in [0.5, 0.6) is 5.75 Å². The fourth-order valence-corrected chi connectivity index (χ4v) is 2.99. The molecule has 0 saturated heterocycles. The smallest absolute Gasteiger partial charge is 0.180 e. The molecule has 5 heteroatoms. The molecule has 0 aliphatic heterocycles. The van der Waals surface area contributed by atoms with Gasteiger partial charge in [-0.05, 0) is 18.6 Å². The molecule has 1 aromatic carbocycles. The first-order chi connectivity index (χ1) is 7.49. The summed E-state index contributed by atoms with van der Waals surface area (Å²) in [5.41, 5.74) is 5.49. The van der Waals surface area contributed by atoms with Crippen molar-refractivity contribution < 1.29 is 13.5 Å². The zero-order chi connectivity index (χ0) is 12.2. The topological polar surface area (TPSA) is 80.4 Å². The minimum absolute atomic E-state index is 0.0311. The van der Waals surface area contributed by atoms with Crippen LogP contribution in [-0.4, -0.2) is 19.3 Å². The molecule has 0 aliphatic rings. The summed E-state index contributed by atoms with van der Waals surface area (Å²) < 4.78 is 23.8. The van der Waals surface area contributed by atoms with E-state index in [2.05, 4.69) is 0 Å². The van der Waals surface area contributed by atoms with Crippen LogP contribution in [0.1, 0.15) is 26.2 Å². The summed E-state index contributed by atoms with van der Waals surface area (Å²) in [6.07, 6.45) is 2.46. The van der Waals surface area contributed by atoms with Crippen molar-refractivity contribution in [1.29, 1.82) is 0 Å². The Morgan fingerprint density at radius 1 is 1.31 bits per heavy atom. The summed E-state index contributed by atoms with van der Waals surface area (Å²) in [5.74, 6) is -0.106. The number of aromatic hydroxyl groups is 1. The maximum absolute atomic E-state index is 11.9. The maximum atomic E-state index is 11.9. The number of para-hydroxylation sites is 1. The van der Waals surface area contributed by atoms with Gasteiger partial charge in [0.05, 0.1) is 16.3 Å². The summed E-state index contributed by atoms with van der Waals surface area (Å²) in [6.45, 7) is 2.01. The number of unbranched alkanes of at least 4 members (excludes halogenated alkanes) is 2. The van der Waals surface area contributed by atoms with Crippen LogP contribution in [0.3, 0.4) is 0 Å². The Bertz CT molecular complexity index is 454. The predicted octanol–water partition coefficient (Wildman–Crippen LogP) is 1.94. The third-order valence-corrected chi connectivity index (χ3v) is 4.25. The van der Waals surface area contributed by atoms with Gasteiger partial charge in [0, 0.05) is 0 Å². The van der Waals surface area contributed by atoms with Crippen molar-refractivity contribution in [2.24, 2.45) is 0 Å². The van der Waals surface area contributed by atoms with E-state index in [0.29, 0.717) is 6.42 Å². The highest BCUT2D eigenvalue weighted by Gasteiger charge is 2.18. The molecule has 0 saturated carbocycles. The van der Waals surface area contributed by atoms with E-state index in [4.69, 9.17) is 5.73 Å². The third kappa shape index (κ3) is 2.88. The summed E-state index contributed by atoms with van der Waals surface area (Å²) in [5, 5.41) is 9.35. The van der Waals surface area contributed by atoms with E-state index < -0.39 is 9.84 Å². The Hall–Kier alpha value is -1.23. The molecular formula is C11H17NO3S.